The van der Waals surface area contributed by atoms with E-state index in [1.165, 1.54) is 0 Å². The molecular formula is C19H26N2O2. The van der Waals surface area contributed by atoms with Gasteiger partial charge in [0, 0.05) is 11.0 Å². The SMILES string of the molecule is COc1cc(C#N)cc2c1C(O)(C1CCN(C)CC1)C(C)(C)C2. The summed E-state index contributed by atoms with van der Waals surface area (Å²) in [7, 11) is 3.75. The average Bonchev–Trinajstić information content (AvgIpc) is 2.74. The minimum Gasteiger partial charge on any atom is -0.496 e. The molecule has 2 aliphatic rings. The molecule has 0 saturated carbocycles. The van der Waals surface area contributed by atoms with Crippen molar-refractivity contribution >= 4 is 0 Å². The molecule has 3 rings (SSSR count). The van der Waals surface area contributed by atoms with Crippen LogP contribution < -0.4 is 4.74 Å². The monoisotopic (exact) mass is 314 g/mol. The molecule has 124 valence electrons. The summed E-state index contributed by atoms with van der Waals surface area (Å²) in [5.74, 6) is 0.878. The number of piperidine rings is 1. The molecule has 23 heavy (non-hydrogen) atoms. The second-order valence-corrected chi connectivity index (χ2v) is 7.73. The molecule has 0 aromatic heterocycles. The van der Waals surface area contributed by atoms with Gasteiger partial charge in [0.25, 0.3) is 0 Å². The molecule has 1 fully saturated rings. The van der Waals surface area contributed by atoms with Gasteiger partial charge in [-0.15, -0.1) is 0 Å². The number of benzene rings is 1. The summed E-state index contributed by atoms with van der Waals surface area (Å²) in [6.07, 6.45) is 2.75. The Bertz CT molecular complexity index is 654. The quantitative estimate of drug-likeness (QED) is 0.912. The van der Waals surface area contributed by atoms with Crippen molar-refractivity contribution in [3.05, 3.63) is 28.8 Å². The lowest BCUT2D eigenvalue weighted by Crippen LogP contribution is -2.49. The van der Waals surface area contributed by atoms with Crippen LogP contribution in [-0.2, 0) is 12.0 Å². The Balaban J connectivity index is 2.13. The maximum absolute atomic E-state index is 11.9. The zero-order valence-electron chi connectivity index (χ0n) is 14.5. The van der Waals surface area contributed by atoms with Crippen LogP contribution in [0.15, 0.2) is 12.1 Å². The van der Waals surface area contributed by atoms with Crippen LogP contribution in [-0.4, -0.2) is 37.3 Å². The standard InChI is InChI=1S/C19H26N2O2/c1-18(2)11-14-9-13(12-20)10-16(23-4)17(14)19(18,22)15-5-7-21(3)8-6-15/h9-10,15,22H,5-8,11H2,1-4H3. The molecule has 0 amide bonds. The van der Waals surface area contributed by atoms with Crippen molar-refractivity contribution < 1.29 is 9.84 Å². The van der Waals surface area contributed by atoms with E-state index in [1.54, 1.807) is 13.2 Å². The molecule has 4 heteroatoms. The molecule has 1 aliphatic heterocycles. The fourth-order valence-corrected chi connectivity index (χ4v) is 4.60. The molecule has 0 bridgehead atoms. The van der Waals surface area contributed by atoms with E-state index in [4.69, 9.17) is 4.74 Å². The first-order valence-corrected chi connectivity index (χ1v) is 8.36. The Kier molecular flexibility index (Phi) is 3.90. The van der Waals surface area contributed by atoms with Crippen molar-refractivity contribution in [1.82, 2.24) is 4.90 Å². The van der Waals surface area contributed by atoms with Gasteiger partial charge in [-0.05, 0) is 63.0 Å². The summed E-state index contributed by atoms with van der Waals surface area (Å²) >= 11 is 0. The highest BCUT2D eigenvalue weighted by atomic mass is 16.5. The highest BCUT2D eigenvalue weighted by molar-refractivity contribution is 5.55. The van der Waals surface area contributed by atoms with Crippen LogP contribution in [0.25, 0.3) is 0 Å². The predicted octanol–water partition coefficient (Wildman–Crippen LogP) is 2.68. The normalized spacial score (nSPS) is 27.5. The second kappa shape index (κ2) is 5.51. The van der Waals surface area contributed by atoms with E-state index in [0.29, 0.717) is 11.3 Å². The lowest BCUT2D eigenvalue weighted by molar-refractivity contribution is -0.122. The number of likely N-dealkylation sites (tertiary alicyclic amines) is 1. The molecule has 1 heterocycles. The number of ether oxygens (including phenoxy) is 1. The topological polar surface area (TPSA) is 56.5 Å². The fraction of sp³-hybridized carbons (Fsp3) is 0.632. The lowest BCUT2D eigenvalue weighted by atomic mass is 9.65. The van der Waals surface area contributed by atoms with Gasteiger partial charge in [-0.1, -0.05) is 13.8 Å². The van der Waals surface area contributed by atoms with Crippen LogP contribution in [0.4, 0.5) is 0 Å². The van der Waals surface area contributed by atoms with Crippen molar-refractivity contribution in [2.24, 2.45) is 11.3 Å². The highest BCUT2D eigenvalue weighted by Crippen LogP contribution is 2.58. The molecule has 1 unspecified atom stereocenters. The largest absolute Gasteiger partial charge is 0.496 e. The summed E-state index contributed by atoms with van der Waals surface area (Å²) in [4.78, 5) is 2.32. The van der Waals surface area contributed by atoms with Gasteiger partial charge in [0.2, 0.25) is 0 Å². The summed E-state index contributed by atoms with van der Waals surface area (Å²) in [6, 6.07) is 5.89. The molecule has 4 nitrogen and oxygen atoms in total. The Morgan fingerprint density at radius 3 is 2.52 bits per heavy atom. The average molecular weight is 314 g/mol. The zero-order chi connectivity index (χ0) is 16.8. The molecule has 1 aromatic rings. The summed E-state index contributed by atoms with van der Waals surface area (Å²) in [5.41, 5.74) is 1.41. The molecule has 1 saturated heterocycles. The van der Waals surface area contributed by atoms with Gasteiger partial charge in [0.15, 0.2) is 0 Å². The maximum atomic E-state index is 11.9. The number of aliphatic hydroxyl groups is 1. The Labute approximate surface area is 138 Å². The Morgan fingerprint density at radius 2 is 1.96 bits per heavy atom. The van der Waals surface area contributed by atoms with E-state index < -0.39 is 5.60 Å². The van der Waals surface area contributed by atoms with Crippen molar-refractivity contribution in [3.8, 4) is 11.8 Å². The van der Waals surface area contributed by atoms with Gasteiger partial charge in [-0.25, -0.2) is 0 Å². The number of hydrogen-bond donors (Lipinski definition) is 1. The third-order valence-corrected chi connectivity index (χ3v) is 5.89. The predicted molar refractivity (Wildman–Crippen MR) is 89.3 cm³/mol. The first kappa shape index (κ1) is 16.3. The minimum absolute atomic E-state index is 0.219. The fourth-order valence-electron chi connectivity index (χ4n) is 4.60. The number of rotatable bonds is 2. The highest BCUT2D eigenvalue weighted by Gasteiger charge is 2.57. The van der Waals surface area contributed by atoms with Gasteiger partial charge in [0.1, 0.15) is 11.4 Å². The molecular weight excluding hydrogens is 288 g/mol. The van der Waals surface area contributed by atoms with E-state index in [9.17, 15) is 10.4 Å². The number of nitrogens with zero attached hydrogens (tertiary/aromatic N) is 2. The van der Waals surface area contributed by atoms with Crippen LogP contribution in [0.2, 0.25) is 0 Å². The number of nitriles is 1. The summed E-state index contributed by atoms with van der Waals surface area (Å²) < 4.78 is 5.58. The van der Waals surface area contributed by atoms with E-state index in [0.717, 1.165) is 43.5 Å². The van der Waals surface area contributed by atoms with Gasteiger partial charge in [-0.2, -0.15) is 5.26 Å². The van der Waals surface area contributed by atoms with Crippen molar-refractivity contribution in [2.45, 2.75) is 38.7 Å². The molecule has 1 aliphatic carbocycles. The molecule has 1 atom stereocenters. The molecule has 1 aromatic carbocycles. The Hall–Kier alpha value is -1.57. The Morgan fingerprint density at radius 1 is 1.30 bits per heavy atom. The lowest BCUT2D eigenvalue weighted by Gasteiger charge is -2.46. The number of fused-ring (bicyclic) bond motifs is 1. The minimum atomic E-state index is -0.900. The third kappa shape index (κ3) is 2.34. The smallest absolute Gasteiger partial charge is 0.126 e. The van der Waals surface area contributed by atoms with E-state index in [1.807, 2.05) is 6.07 Å². The zero-order valence-corrected chi connectivity index (χ0v) is 14.5. The molecule has 0 radical (unpaired) electrons. The van der Waals surface area contributed by atoms with Crippen molar-refractivity contribution in [3.63, 3.8) is 0 Å². The van der Waals surface area contributed by atoms with Crippen LogP contribution in [0.3, 0.4) is 0 Å². The molecule has 0 spiro atoms. The number of methoxy groups -OCH3 is 1. The number of hydrogen-bond acceptors (Lipinski definition) is 4. The first-order chi connectivity index (χ1) is 10.8. The maximum Gasteiger partial charge on any atom is 0.126 e. The summed E-state index contributed by atoms with van der Waals surface area (Å²) in [6.45, 7) is 6.29. The van der Waals surface area contributed by atoms with E-state index in [2.05, 4.69) is 31.9 Å². The van der Waals surface area contributed by atoms with Crippen molar-refractivity contribution in [1.29, 1.82) is 5.26 Å². The van der Waals surface area contributed by atoms with Gasteiger partial charge in [-0.3, -0.25) is 0 Å². The van der Waals surface area contributed by atoms with E-state index >= 15 is 0 Å². The van der Waals surface area contributed by atoms with Gasteiger partial charge in [0.05, 0.1) is 18.7 Å². The van der Waals surface area contributed by atoms with Crippen LogP contribution in [0.5, 0.6) is 5.75 Å². The third-order valence-electron chi connectivity index (χ3n) is 5.89. The van der Waals surface area contributed by atoms with Crippen molar-refractivity contribution in [2.75, 3.05) is 27.2 Å². The first-order valence-electron chi connectivity index (χ1n) is 8.36. The van der Waals surface area contributed by atoms with Crippen LogP contribution >= 0.6 is 0 Å². The van der Waals surface area contributed by atoms with Gasteiger partial charge >= 0.3 is 0 Å². The van der Waals surface area contributed by atoms with E-state index in [-0.39, 0.29) is 11.3 Å². The van der Waals surface area contributed by atoms with Crippen LogP contribution in [0, 0.1) is 22.7 Å². The second-order valence-electron chi connectivity index (χ2n) is 7.73. The summed E-state index contributed by atoms with van der Waals surface area (Å²) in [5, 5.41) is 21.1. The van der Waals surface area contributed by atoms with Crippen LogP contribution in [0.1, 0.15) is 43.4 Å². The molecule has 1 N–H and O–H groups in total. The van der Waals surface area contributed by atoms with Gasteiger partial charge < -0.3 is 14.7 Å².